The van der Waals surface area contributed by atoms with Gasteiger partial charge in [0.05, 0.1) is 0 Å². The molecule has 1 aliphatic carbocycles. The van der Waals surface area contributed by atoms with Gasteiger partial charge in [0.15, 0.2) is 11.5 Å². The average Bonchev–Trinajstić information content (AvgIpc) is 3.04. The highest BCUT2D eigenvalue weighted by atomic mass is 16.2. The van der Waals surface area contributed by atoms with Gasteiger partial charge in [0.2, 0.25) is 0 Å². The zero-order chi connectivity index (χ0) is 19.9. The zero-order valence-electron chi connectivity index (χ0n) is 17.1. The lowest BCUT2D eigenvalue weighted by molar-refractivity contribution is 0.0927. The highest BCUT2D eigenvalue weighted by Gasteiger charge is 2.20. The predicted octanol–water partition coefficient (Wildman–Crippen LogP) is 3.25. The topological polar surface area (TPSA) is 61.4 Å². The molecule has 1 aromatic carbocycles. The Morgan fingerprint density at radius 2 is 1.62 bits per heavy atom. The Morgan fingerprint density at radius 3 is 2.28 bits per heavy atom. The molecular formula is C23H31N5O. The van der Waals surface area contributed by atoms with Crippen LogP contribution >= 0.6 is 0 Å². The van der Waals surface area contributed by atoms with Crippen LogP contribution < -0.4 is 10.2 Å². The van der Waals surface area contributed by atoms with Crippen LogP contribution in [0.2, 0.25) is 0 Å². The first-order chi connectivity index (χ1) is 14.3. The number of piperazine rings is 1. The van der Waals surface area contributed by atoms with Crippen LogP contribution in [0.25, 0.3) is 0 Å². The fourth-order valence-electron chi connectivity index (χ4n) is 4.27. The minimum absolute atomic E-state index is 0.0939. The minimum Gasteiger partial charge on any atom is -0.353 e. The molecule has 1 aromatic heterocycles. The second-order valence-electron chi connectivity index (χ2n) is 8.19. The third kappa shape index (κ3) is 5.54. The van der Waals surface area contributed by atoms with Gasteiger partial charge in [-0.05, 0) is 30.5 Å². The Balaban J connectivity index is 1.27. The molecule has 0 bridgehead atoms. The highest BCUT2D eigenvalue weighted by Crippen LogP contribution is 2.18. The van der Waals surface area contributed by atoms with E-state index in [-0.39, 0.29) is 11.9 Å². The van der Waals surface area contributed by atoms with Crippen LogP contribution in [0.1, 0.15) is 54.6 Å². The summed E-state index contributed by atoms with van der Waals surface area (Å²) >= 11 is 0. The number of amides is 1. The van der Waals surface area contributed by atoms with Gasteiger partial charge < -0.3 is 10.2 Å². The molecule has 6 nitrogen and oxygen atoms in total. The molecule has 1 amide bonds. The zero-order valence-corrected chi connectivity index (χ0v) is 17.1. The first-order valence-corrected chi connectivity index (χ1v) is 10.9. The molecule has 2 aliphatic rings. The van der Waals surface area contributed by atoms with Gasteiger partial charge in [0, 0.05) is 38.8 Å². The summed E-state index contributed by atoms with van der Waals surface area (Å²) in [5, 5.41) is 11.7. The van der Waals surface area contributed by atoms with E-state index in [2.05, 4.69) is 55.6 Å². The van der Waals surface area contributed by atoms with E-state index in [0.29, 0.717) is 5.69 Å². The van der Waals surface area contributed by atoms with Crippen LogP contribution in [-0.4, -0.2) is 53.2 Å². The van der Waals surface area contributed by atoms with E-state index in [1.54, 1.807) is 0 Å². The van der Waals surface area contributed by atoms with Crippen LogP contribution in [-0.2, 0) is 6.54 Å². The summed E-state index contributed by atoms with van der Waals surface area (Å²) < 4.78 is 0. The van der Waals surface area contributed by atoms with Crippen molar-refractivity contribution in [1.29, 1.82) is 0 Å². The lowest BCUT2D eigenvalue weighted by atomic mass is 10.1. The number of carbonyl (C=O) groups is 1. The van der Waals surface area contributed by atoms with E-state index >= 15 is 0 Å². The maximum Gasteiger partial charge on any atom is 0.272 e. The van der Waals surface area contributed by atoms with Crippen LogP contribution in [0.15, 0.2) is 42.5 Å². The molecule has 2 heterocycles. The van der Waals surface area contributed by atoms with Crippen LogP contribution in [0.3, 0.4) is 0 Å². The predicted molar refractivity (Wildman–Crippen MR) is 115 cm³/mol. The van der Waals surface area contributed by atoms with Gasteiger partial charge in [-0.1, -0.05) is 56.0 Å². The number of nitrogens with one attached hydrogen (secondary N) is 1. The Morgan fingerprint density at radius 1 is 0.897 bits per heavy atom. The van der Waals surface area contributed by atoms with Gasteiger partial charge in [-0.15, -0.1) is 10.2 Å². The van der Waals surface area contributed by atoms with E-state index < -0.39 is 0 Å². The monoisotopic (exact) mass is 393 g/mol. The Bertz CT molecular complexity index is 764. The maximum atomic E-state index is 12.5. The third-order valence-electron chi connectivity index (χ3n) is 6.02. The molecule has 1 saturated carbocycles. The highest BCUT2D eigenvalue weighted by molar-refractivity contribution is 5.92. The van der Waals surface area contributed by atoms with Gasteiger partial charge >= 0.3 is 0 Å². The standard InChI is InChI=1S/C23H31N5O/c29-23(24-20-10-6-1-2-7-11-20)21-12-13-22(26-25-21)28-16-14-27(15-17-28)18-19-8-4-3-5-9-19/h3-5,8-9,12-13,20H,1-2,6-7,10-11,14-18H2,(H,24,29). The number of hydrogen-bond acceptors (Lipinski definition) is 5. The smallest absolute Gasteiger partial charge is 0.272 e. The van der Waals surface area contributed by atoms with E-state index in [0.717, 1.165) is 51.4 Å². The molecule has 0 radical (unpaired) electrons. The van der Waals surface area contributed by atoms with Gasteiger partial charge in [0.25, 0.3) is 5.91 Å². The van der Waals surface area contributed by atoms with Crippen molar-refractivity contribution in [3.63, 3.8) is 0 Å². The molecule has 1 N–H and O–H groups in total. The van der Waals surface area contributed by atoms with E-state index in [1.807, 2.05) is 12.1 Å². The minimum atomic E-state index is -0.0939. The van der Waals surface area contributed by atoms with E-state index in [4.69, 9.17) is 0 Å². The normalized spacial score (nSPS) is 19.0. The molecule has 29 heavy (non-hydrogen) atoms. The van der Waals surface area contributed by atoms with Gasteiger partial charge in [-0.3, -0.25) is 9.69 Å². The maximum absolute atomic E-state index is 12.5. The number of carbonyl (C=O) groups excluding carboxylic acids is 1. The second kappa shape index (κ2) is 9.83. The summed E-state index contributed by atoms with van der Waals surface area (Å²) in [6.45, 7) is 4.84. The van der Waals surface area contributed by atoms with Crippen molar-refractivity contribution in [2.45, 2.75) is 51.1 Å². The lowest BCUT2D eigenvalue weighted by Gasteiger charge is -2.35. The Kier molecular flexibility index (Phi) is 6.72. The molecule has 1 saturated heterocycles. The summed E-state index contributed by atoms with van der Waals surface area (Å²) in [6.07, 6.45) is 7.10. The number of hydrogen-bond donors (Lipinski definition) is 1. The molecule has 0 atom stereocenters. The molecule has 4 rings (SSSR count). The van der Waals surface area contributed by atoms with Gasteiger partial charge in [-0.2, -0.15) is 0 Å². The first-order valence-electron chi connectivity index (χ1n) is 10.9. The van der Waals surface area contributed by atoms with Crippen molar-refractivity contribution in [3.05, 3.63) is 53.7 Å². The molecule has 154 valence electrons. The Hall–Kier alpha value is -2.47. The van der Waals surface area contributed by atoms with Crippen molar-refractivity contribution < 1.29 is 4.79 Å². The number of nitrogens with zero attached hydrogens (tertiary/aromatic N) is 4. The fraction of sp³-hybridized carbons (Fsp3) is 0.522. The van der Waals surface area contributed by atoms with Crippen LogP contribution in [0.4, 0.5) is 5.82 Å². The van der Waals surface area contributed by atoms with Crippen molar-refractivity contribution in [1.82, 2.24) is 20.4 Å². The number of anilines is 1. The molecule has 2 fully saturated rings. The number of rotatable bonds is 5. The van der Waals surface area contributed by atoms with E-state index in [9.17, 15) is 4.79 Å². The molecule has 2 aromatic rings. The summed E-state index contributed by atoms with van der Waals surface area (Å²) in [4.78, 5) is 17.2. The largest absolute Gasteiger partial charge is 0.353 e. The van der Waals surface area contributed by atoms with Crippen molar-refractivity contribution in [3.8, 4) is 0 Å². The summed E-state index contributed by atoms with van der Waals surface area (Å²) in [5.74, 6) is 0.763. The summed E-state index contributed by atoms with van der Waals surface area (Å²) in [7, 11) is 0. The molecule has 0 spiro atoms. The van der Waals surface area contributed by atoms with Crippen molar-refractivity contribution >= 4 is 11.7 Å². The quantitative estimate of drug-likeness (QED) is 0.790. The van der Waals surface area contributed by atoms with Crippen molar-refractivity contribution in [2.24, 2.45) is 0 Å². The lowest BCUT2D eigenvalue weighted by Crippen LogP contribution is -2.46. The molecular weight excluding hydrogens is 362 g/mol. The molecule has 0 unspecified atom stereocenters. The summed E-state index contributed by atoms with van der Waals surface area (Å²) in [6, 6.07) is 14.6. The Labute approximate surface area is 173 Å². The van der Waals surface area contributed by atoms with Gasteiger partial charge in [-0.25, -0.2) is 0 Å². The summed E-state index contributed by atoms with van der Waals surface area (Å²) in [5.41, 5.74) is 1.77. The van der Waals surface area contributed by atoms with E-state index in [1.165, 1.54) is 31.2 Å². The first kappa shape index (κ1) is 19.8. The van der Waals surface area contributed by atoms with Crippen molar-refractivity contribution in [2.75, 3.05) is 31.1 Å². The second-order valence-corrected chi connectivity index (χ2v) is 8.19. The fourth-order valence-corrected chi connectivity index (χ4v) is 4.27. The SMILES string of the molecule is O=C(NC1CCCCCC1)c1ccc(N2CCN(Cc3ccccc3)CC2)nn1. The number of benzene rings is 1. The molecule has 6 heteroatoms. The average molecular weight is 394 g/mol. The van der Waals surface area contributed by atoms with Gasteiger partial charge in [0.1, 0.15) is 0 Å². The van der Waals surface area contributed by atoms with Crippen LogP contribution in [0, 0.1) is 0 Å². The van der Waals surface area contributed by atoms with Crippen LogP contribution in [0.5, 0.6) is 0 Å². The number of aromatic nitrogens is 2. The molecule has 1 aliphatic heterocycles. The third-order valence-corrected chi connectivity index (χ3v) is 6.02.